The van der Waals surface area contributed by atoms with Gasteiger partial charge in [-0.3, -0.25) is 0 Å². The molecule has 1 aliphatic heterocycles. The summed E-state index contributed by atoms with van der Waals surface area (Å²) in [5.74, 6) is 0.811. The van der Waals surface area contributed by atoms with Gasteiger partial charge in [0.2, 0.25) is 0 Å². The lowest BCUT2D eigenvalue weighted by atomic mass is 9.87. The molecule has 0 radical (unpaired) electrons. The molecule has 3 nitrogen and oxygen atoms in total. The van der Waals surface area contributed by atoms with Gasteiger partial charge in [0.05, 0.1) is 12.0 Å². The summed E-state index contributed by atoms with van der Waals surface area (Å²) in [6, 6.07) is 2.78. The van der Waals surface area contributed by atoms with Gasteiger partial charge in [-0.05, 0) is 39.4 Å². The van der Waals surface area contributed by atoms with Crippen molar-refractivity contribution in [3.05, 3.63) is 0 Å². The second kappa shape index (κ2) is 5.33. The molecular weight excluding hydrogens is 174 g/mol. The van der Waals surface area contributed by atoms with Crippen molar-refractivity contribution >= 4 is 0 Å². The zero-order valence-corrected chi connectivity index (χ0v) is 9.45. The fourth-order valence-corrected chi connectivity index (χ4v) is 2.45. The van der Waals surface area contributed by atoms with E-state index < -0.39 is 0 Å². The summed E-state index contributed by atoms with van der Waals surface area (Å²) in [4.78, 5) is 2.35. The Morgan fingerprint density at radius 3 is 2.71 bits per heavy atom. The number of rotatable bonds is 4. The smallest absolute Gasteiger partial charge is 0.0672 e. The zero-order chi connectivity index (χ0) is 10.6. The monoisotopic (exact) mass is 195 g/mol. The quantitative estimate of drug-likeness (QED) is 0.729. The highest BCUT2D eigenvalue weighted by Crippen LogP contribution is 2.24. The largest absolute Gasteiger partial charge is 0.315 e. The average Bonchev–Trinajstić information content (AvgIpc) is 2.60. The lowest BCUT2D eigenvalue weighted by Crippen LogP contribution is -2.40. The van der Waals surface area contributed by atoms with Crippen molar-refractivity contribution in [1.82, 2.24) is 10.2 Å². The highest BCUT2D eigenvalue weighted by molar-refractivity contribution is 4.96. The molecule has 3 heteroatoms. The molecule has 0 aliphatic carbocycles. The third kappa shape index (κ3) is 2.46. The van der Waals surface area contributed by atoms with Crippen molar-refractivity contribution in [1.29, 1.82) is 5.26 Å². The van der Waals surface area contributed by atoms with Crippen molar-refractivity contribution in [2.75, 3.05) is 27.2 Å². The van der Waals surface area contributed by atoms with E-state index in [-0.39, 0.29) is 5.92 Å². The summed E-state index contributed by atoms with van der Waals surface area (Å²) in [6.07, 6.45) is 2.17. The highest BCUT2D eigenvalue weighted by atomic mass is 15.1. The molecule has 0 aromatic rings. The normalized spacial score (nSPS) is 27.1. The van der Waals surface area contributed by atoms with Crippen LogP contribution in [0, 0.1) is 23.2 Å². The summed E-state index contributed by atoms with van der Waals surface area (Å²) in [7, 11) is 4.13. The molecule has 0 saturated carbocycles. The van der Waals surface area contributed by atoms with Crippen LogP contribution in [0.3, 0.4) is 0 Å². The molecule has 1 saturated heterocycles. The first kappa shape index (κ1) is 11.5. The fraction of sp³-hybridized carbons (Fsp3) is 0.909. The molecule has 1 N–H and O–H groups in total. The number of nitrogens with zero attached hydrogens (tertiary/aromatic N) is 2. The van der Waals surface area contributed by atoms with E-state index in [1.807, 2.05) is 7.05 Å². The van der Waals surface area contributed by atoms with E-state index in [1.54, 1.807) is 0 Å². The average molecular weight is 195 g/mol. The zero-order valence-electron chi connectivity index (χ0n) is 9.45. The van der Waals surface area contributed by atoms with Gasteiger partial charge in [-0.1, -0.05) is 6.92 Å². The molecule has 0 aromatic carbocycles. The molecule has 14 heavy (non-hydrogen) atoms. The predicted octanol–water partition coefficient (Wildman–Crippen LogP) is 1.08. The summed E-state index contributed by atoms with van der Waals surface area (Å²) in [6.45, 7) is 4.39. The predicted molar refractivity (Wildman–Crippen MR) is 57.8 cm³/mol. The lowest BCUT2D eigenvalue weighted by molar-refractivity contribution is 0.297. The van der Waals surface area contributed by atoms with Crippen LogP contribution >= 0.6 is 0 Å². The van der Waals surface area contributed by atoms with Gasteiger partial charge in [-0.15, -0.1) is 0 Å². The van der Waals surface area contributed by atoms with Crippen LogP contribution in [0.1, 0.15) is 19.8 Å². The standard InChI is InChI=1S/C11H21N3/c1-4-9(7-12)11(13-2)10-5-6-14(3)8-10/h9-11,13H,4-6,8H2,1-3H3. The van der Waals surface area contributed by atoms with Gasteiger partial charge >= 0.3 is 0 Å². The molecule has 0 bridgehead atoms. The molecule has 0 aromatic heterocycles. The maximum atomic E-state index is 9.05. The highest BCUT2D eigenvalue weighted by Gasteiger charge is 2.31. The van der Waals surface area contributed by atoms with E-state index >= 15 is 0 Å². The second-order valence-corrected chi connectivity index (χ2v) is 4.27. The molecule has 0 spiro atoms. The molecule has 1 heterocycles. The Hall–Kier alpha value is -0.590. The number of hydrogen-bond acceptors (Lipinski definition) is 3. The van der Waals surface area contributed by atoms with Crippen LogP contribution in [0.15, 0.2) is 0 Å². The van der Waals surface area contributed by atoms with Crippen molar-refractivity contribution in [3.8, 4) is 6.07 Å². The van der Waals surface area contributed by atoms with E-state index in [0.717, 1.165) is 13.0 Å². The Morgan fingerprint density at radius 1 is 1.64 bits per heavy atom. The molecule has 1 fully saturated rings. The van der Waals surface area contributed by atoms with Gasteiger partial charge in [-0.2, -0.15) is 5.26 Å². The molecular formula is C11H21N3. The van der Waals surface area contributed by atoms with Crippen LogP contribution in [-0.4, -0.2) is 38.1 Å². The van der Waals surface area contributed by atoms with E-state index in [9.17, 15) is 0 Å². The van der Waals surface area contributed by atoms with Gasteiger partial charge in [0.1, 0.15) is 0 Å². The van der Waals surface area contributed by atoms with Crippen LogP contribution in [0.4, 0.5) is 0 Å². The minimum atomic E-state index is 0.163. The molecule has 3 unspecified atom stereocenters. The third-order valence-corrected chi connectivity index (χ3v) is 3.31. The van der Waals surface area contributed by atoms with Gasteiger partial charge in [0.25, 0.3) is 0 Å². The second-order valence-electron chi connectivity index (χ2n) is 4.27. The number of hydrogen-bond donors (Lipinski definition) is 1. The van der Waals surface area contributed by atoms with E-state index in [2.05, 4.69) is 30.3 Å². The minimum absolute atomic E-state index is 0.163. The van der Waals surface area contributed by atoms with Crippen molar-refractivity contribution in [2.45, 2.75) is 25.8 Å². The lowest BCUT2D eigenvalue weighted by Gasteiger charge is -2.26. The first-order chi connectivity index (χ1) is 6.72. The molecule has 80 valence electrons. The van der Waals surface area contributed by atoms with Crippen LogP contribution < -0.4 is 5.32 Å². The molecule has 0 amide bonds. The Balaban J connectivity index is 2.57. The molecule has 3 atom stereocenters. The van der Waals surface area contributed by atoms with Gasteiger partial charge in [0.15, 0.2) is 0 Å². The third-order valence-electron chi connectivity index (χ3n) is 3.31. The van der Waals surface area contributed by atoms with Crippen molar-refractivity contribution in [2.24, 2.45) is 11.8 Å². The molecule has 1 aliphatic rings. The fourth-order valence-electron chi connectivity index (χ4n) is 2.45. The summed E-state index contributed by atoms with van der Waals surface area (Å²) in [5, 5.41) is 12.4. The van der Waals surface area contributed by atoms with Gasteiger partial charge in [0, 0.05) is 12.6 Å². The van der Waals surface area contributed by atoms with E-state index in [4.69, 9.17) is 5.26 Å². The van der Waals surface area contributed by atoms with Crippen LogP contribution in [0.5, 0.6) is 0 Å². The number of nitrogens with one attached hydrogen (secondary N) is 1. The maximum Gasteiger partial charge on any atom is 0.0672 e. The Labute approximate surface area is 87.1 Å². The maximum absolute atomic E-state index is 9.05. The van der Waals surface area contributed by atoms with Crippen LogP contribution in [0.2, 0.25) is 0 Å². The molecule has 1 rings (SSSR count). The Bertz CT molecular complexity index is 209. The van der Waals surface area contributed by atoms with Crippen molar-refractivity contribution < 1.29 is 0 Å². The van der Waals surface area contributed by atoms with Crippen LogP contribution in [0.25, 0.3) is 0 Å². The van der Waals surface area contributed by atoms with Gasteiger partial charge < -0.3 is 10.2 Å². The minimum Gasteiger partial charge on any atom is -0.315 e. The topological polar surface area (TPSA) is 39.1 Å². The summed E-state index contributed by atoms with van der Waals surface area (Å²) in [5.41, 5.74) is 0. The Kier molecular flexibility index (Phi) is 4.37. The first-order valence-corrected chi connectivity index (χ1v) is 5.48. The van der Waals surface area contributed by atoms with E-state index in [1.165, 1.54) is 13.0 Å². The first-order valence-electron chi connectivity index (χ1n) is 5.48. The van der Waals surface area contributed by atoms with Crippen molar-refractivity contribution in [3.63, 3.8) is 0 Å². The summed E-state index contributed by atoms with van der Waals surface area (Å²) >= 11 is 0. The number of likely N-dealkylation sites (tertiary alicyclic amines) is 1. The van der Waals surface area contributed by atoms with E-state index in [0.29, 0.717) is 12.0 Å². The van der Waals surface area contributed by atoms with Gasteiger partial charge in [-0.25, -0.2) is 0 Å². The number of nitriles is 1. The summed E-state index contributed by atoms with van der Waals surface area (Å²) < 4.78 is 0. The Morgan fingerprint density at radius 2 is 2.36 bits per heavy atom. The van der Waals surface area contributed by atoms with Crippen LogP contribution in [-0.2, 0) is 0 Å². The SMILES string of the molecule is CCC(C#N)C(NC)C1CCN(C)C1.